The SMILES string of the molecule is CC(Cc1ccc2c(c1)OCO2)C1c2c(c3ccccc3oc2=O)Oc2ncn3nc(-c4ccccc4Cl)nc3c21. The van der Waals surface area contributed by atoms with Gasteiger partial charge in [-0.25, -0.2) is 19.3 Å². The van der Waals surface area contributed by atoms with Crippen LogP contribution in [0.3, 0.4) is 0 Å². The summed E-state index contributed by atoms with van der Waals surface area (Å²) in [5.74, 6) is 2.14. The predicted molar refractivity (Wildman–Crippen MR) is 151 cm³/mol. The minimum Gasteiger partial charge on any atom is -0.454 e. The number of rotatable bonds is 4. The predicted octanol–water partition coefficient (Wildman–Crippen LogP) is 6.40. The Balaban J connectivity index is 1.34. The molecule has 3 aromatic carbocycles. The monoisotopic (exact) mass is 564 g/mol. The lowest BCUT2D eigenvalue weighted by Gasteiger charge is -2.31. The number of aromatic nitrogens is 4. The zero-order chi connectivity index (χ0) is 27.7. The number of fused-ring (bicyclic) bond motifs is 7. The molecule has 10 heteroatoms. The van der Waals surface area contributed by atoms with Crippen molar-refractivity contribution < 1.29 is 18.6 Å². The van der Waals surface area contributed by atoms with E-state index in [1.807, 2.05) is 54.6 Å². The second-order valence-electron chi connectivity index (χ2n) is 10.2. The first-order chi connectivity index (χ1) is 20.0. The molecule has 6 aromatic rings. The minimum absolute atomic E-state index is 0.103. The molecule has 0 spiro atoms. The van der Waals surface area contributed by atoms with Gasteiger partial charge in [-0.3, -0.25) is 0 Å². The van der Waals surface area contributed by atoms with Crippen LogP contribution in [-0.2, 0) is 6.42 Å². The highest BCUT2D eigenvalue weighted by atomic mass is 35.5. The van der Waals surface area contributed by atoms with E-state index in [9.17, 15) is 4.79 Å². The van der Waals surface area contributed by atoms with Crippen LogP contribution in [0, 0.1) is 5.92 Å². The van der Waals surface area contributed by atoms with Gasteiger partial charge in [-0.1, -0.05) is 48.9 Å². The topological polar surface area (TPSA) is 101 Å². The summed E-state index contributed by atoms with van der Waals surface area (Å²) in [7, 11) is 0. The summed E-state index contributed by atoms with van der Waals surface area (Å²) in [6, 6.07) is 20.6. The Morgan fingerprint density at radius 1 is 1.02 bits per heavy atom. The summed E-state index contributed by atoms with van der Waals surface area (Å²) in [6.45, 7) is 2.30. The van der Waals surface area contributed by atoms with Crippen molar-refractivity contribution in [3.8, 4) is 34.5 Å². The molecule has 0 fully saturated rings. The molecule has 0 aliphatic carbocycles. The third-order valence-electron chi connectivity index (χ3n) is 7.69. The van der Waals surface area contributed by atoms with Crippen LogP contribution in [0.5, 0.6) is 23.1 Å². The maximum Gasteiger partial charge on any atom is 0.343 e. The molecule has 41 heavy (non-hydrogen) atoms. The number of halogens is 1. The quantitative estimate of drug-likeness (QED) is 0.227. The van der Waals surface area contributed by atoms with Crippen LogP contribution in [0.4, 0.5) is 0 Å². The highest BCUT2D eigenvalue weighted by Crippen LogP contribution is 2.50. The Bertz CT molecular complexity index is 2070. The van der Waals surface area contributed by atoms with Crippen LogP contribution in [0.15, 0.2) is 82.3 Å². The summed E-state index contributed by atoms with van der Waals surface area (Å²) >= 11 is 6.48. The van der Waals surface area contributed by atoms with Crippen molar-refractivity contribution in [1.82, 2.24) is 19.6 Å². The van der Waals surface area contributed by atoms with Gasteiger partial charge in [0.25, 0.3) is 0 Å². The Hall–Kier alpha value is -4.89. The molecule has 9 nitrogen and oxygen atoms in total. The molecule has 0 radical (unpaired) electrons. The van der Waals surface area contributed by atoms with Gasteiger partial charge in [-0.2, -0.15) is 0 Å². The van der Waals surface area contributed by atoms with Crippen LogP contribution >= 0.6 is 11.6 Å². The lowest BCUT2D eigenvalue weighted by atomic mass is 9.78. The van der Waals surface area contributed by atoms with Crippen LogP contribution in [0.1, 0.15) is 29.5 Å². The average molecular weight is 565 g/mol. The Kier molecular flexibility index (Phi) is 5.30. The number of nitrogens with zero attached hydrogens (tertiary/aromatic N) is 4. The van der Waals surface area contributed by atoms with E-state index in [4.69, 9.17) is 35.2 Å². The van der Waals surface area contributed by atoms with E-state index in [2.05, 4.69) is 17.0 Å². The van der Waals surface area contributed by atoms with Crippen molar-refractivity contribution >= 4 is 28.2 Å². The highest BCUT2D eigenvalue weighted by molar-refractivity contribution is 6.33. The van der Waals surface area contributed by atoms with E-state index in [1.54, 1.807) is 23.0 Å². The van der Waals surface area contributed by atoms with Gasteiger partial charge in [0.05, 0.1) is 21.5 Å². The van der Waals surface area contributed by atoms with Crippen molar-refractivity contribution in [1.29, 1.82) is 0 Å². The van der Waals surface area contributed by atoms with E-state index < -0.39 is 11.5 Å². The van der Waals surface area contributed by atoms with E-state index >= 15 is 0 Å². The largest absolute Gasteiger partial charge is 0.454 e. The molecular formula is C31H21ClN4O5. The first-order valence-corrected chi connectivity index (χ1v) is 13.6. The summed E-state index contributed by atoms with van der Waals surface area (Å²) in [6.07, 6.45) is 2.19. The van der Waals surface area contributed by atoms with Crippen LogP contribution in [0.2, 0.25) is 5.02 Å². The number of hydrogen-bond acceptors (Lipinski definition) is 8. The molecule has 8 rings (SSSR count). The van der Waals surface area contributed by atoms with Crippen LogP contribution in [0.25, 0.3) is 28.0 Å². The Morgan fingerprint density at radius 3 is 2.76 bits per heavy atom. The summed E-state index contributed by atoms with van der Waals surface area (Å²) in [5, 5.41) is 5.90. The standard InChI is InChI=1S/C31H21ClN4O5/c1-16(12-17-10-11-22-23(13-17)39-15-38-22)24-25-27(19-7-3-5-9-21(19)40-31(25)37)41-30-26(24)29-34-28(35-36(29)14-33-30)18-6-2-4-8-20(18)32/h2-11,13-14,16,24H,12,15H2,1H3. The third kappa shape index (κ3) is 3.76. The Labute approximate surface area is 237 Å². The molecule has 3 aromatic heterocycles. The molecule has 5 heterocycles. The van der Waals surface area contributed by atoms with Gasteiger partial charge in [0.2, 0.25) is 12.7 Å². The maximum absolute atomic E-state index is 13.7. The van der Waals surface area contributed by atoms with E-state index in [0.717, 1.165) is 11.3 Å². The Morgan fingerprint density at radius 2 is 1.85 bits per heavy atom. The molecule has 2 unspecified atom stereocenters. The summed E-state index contributed by atoms with van der Waals surface area (Å²) in [5.41, 5.74) is 3.36. The molecule has 0 N–H and O–H groups in total. The van der Waals surface area contributed by atoms with Crippen molar-refractivity contribution in [2.24, 2.45) is 5.92 Å². The highest BCUT2D eigenvalue weighted by Gasteiger charge is 2.39. The fourth-order valence-corrected chi connectivity index (χ4v) is 6.07. The first kappa shape index (κ1) is 24.0. The van der Waals surface area contributed by atoms with Gasteiger partial charge in [0, 0.05) is 11.5 Å². The number of para-hydroxylation sites is 1. The molecule has 2 aliphatic rings. The summed E-state index contributed by atoms with van der Waals surface area (Å²) < 4.78 is 24.9. The fraction of sp³-hybridized carbons (Fsp3) is 0.161. The van der Waals surface area contributed by atoms with E-state index in [1.165, 1.54) is 0 Å². The number of benzene rings is 3. The lowest BCUT2D eigenvalue weighted by molar-refractivity contribution is 0.174. The molecule has 202 valence electrons. The second kappa shape index (κ2) is 9.07. The molecule has 0 bridgehead atoms. The van der Waals surface area contributed by atoms with Crippen molar-refractivity contribution in [3.63, 3.8) is 0 Å². The van der Waals surface area contributed by atoms with E-state index in [-0.39, 0.29) is 12.7 Å². The minimum atomic E-state index is -0.459. The maximum atomic E-state index is 13.7. The van der Waals surface area contributed by atoms with Crippen LogP contribution < -0.4 is 19.8 Å². The molecular weight excluding hydrogens is 544 g/mol. The third-order valence-corrected chi connectivity index (χ3v) is 8.01. The molecule has 0 saturated carbocycles. The van der Waals surface area contributed by atoms with Crippen LogP contribution in [-0.4, -0.2) is 26.4 Å². The number of hydrogen-bond donors (Lipinski definition) is 0. The van der Waals surface area contributed by atoms with Gasteiger partial charge in [-0.05, 0) is 54.3 Å². The molecule has 2 atom stereocenters. The van der Waals surface area contributed by atoms with Crippen molar-refractivity contribution in [3.05, 3.63) is 105 Å². The van der Waals surface area contributed by atoms with Gasteiger partial charge in [-0.15, -0.1) is 5.10 Å². The van der Waals surface area contributed by atoms with Gasteiger partial charge < -0.3 is 18.6 Å². The van der Waals surface area contributed by atoms with E-state index in [0.29, 0.717) is 68.0 Å². The van der Waals surface area contributed by atoms with Gasteiger partial charge in [0.15, 0.2) is 28.7 Å². The molecule has 2 aliphatic heterocycles. The summed E-state index contributed by atoms with van der Waals surface area (Å²) in [4.78, 5) is 23.2. The second-order valence-corrected chi connectivity index (χ2v) is 10.6. The molecule has 0 amide bonds. The smallest absolute Gasteiger partial charge is 0.343 e. The van der Waals surface area contributed by atoms with Crippen molar-refractivity contribution in [2.75, 3.05) is 6.79 Å². The van der Waals surface area contributed by atoms with Crippen molar-refractivity contribution in [2.45, 2.75) is 19.3 Å². The van der Waals surface area contributed by atoms with Gasteiger partial charge >= 0.3 is 5.63 Å². The zero-order valence-electron chi connectivity index (χ0n) is 21.7. The fourth-order valence-electron chi connectivity index (χ4n) is 5.85. The number of ether oxygens (including phenoxy) is 3. The lowest BCUT2D eigenvalue weighted by Crippen LogP contribution is -2.26. The normalized spacial score (nSPS) is 15.9. The zero-order valence-corrected chi connectivity index (χ0v) is 22.5. The average Bonchev–Trinajstić information content (AvgIpc) is 3.63. The van der Waals surface area contributed by atoms with Gasteiger partial charge in [0.1, 0.15) is 11.9 Å². The molecule has 0 saturated heterocycles. The first-order valence-electron chi connectivity index (χ1n) is 13.2.